The zero-order valence-electron chi connectivity index (χ0n) is 30.6. The molecule has 2 aromatic rings. The van der Waals surface area contributed by atoms with Crippen LogP contribution >= 0.6 is 30.8 Å². The molecular weight excluding hydrogens is 724 g/mol. The highest BCUT2D eigenvalue weighted by Crippen LogP contribution is 2.46. The predicted octanol–water partition coefficient (Wildman–Crippen LogP) is 7.63. The lowest BCUT2D eigenvalue weighted by Gasteiger charge is -2.22. The largest absolute Gasteiger partial charge is 0.503 e. The van der Waals surface area contributed by atoms with Crippen LogP contribution < -0.4 is 16.0 Å². The first kappa shape index (κ1) is 42.8. The van der Waals surface area contributed by atoms with Gasteiger partial charge in [0.05, 0.1) is 48.8 Å². The molecule has 286 valence electrons. The molecule has 13 nitrogen and oxygen atoms in total. The average Bonchev–Trinajstić information content (AvgIpc) is 3.61. The van der Waals surface area contributed by atoms with Crippen LogP contribution in [0.5, 0.6) is 11.5 Å². The van der Waals surface area contributed by atoms with Gasteiger partial charge < -0.3 is 33.2 Å². The van der Waals surface area contributed by atoms with Gasteiger partial charge in [-0.1, -0.05) is 55.2 Å². The summed E-state index contributed by atoms with van der Waals surface area (Å²) in [6.07, 6.45) is 6.84. The molecule has 2 fully saturated rings. The summed E-state index contributed by atoms with van der Waals surface area (Å²) in [6, 6.07) is 1.37. The Bertz CT molecular complexity index is 1670. The van der Waals surface area contributed by atoms with Crippen molar-refractivity contribution in [3.8, 4) is 11.5 Å². The Morgan fingerprint density at radius 2 is 1.86 bits per heavy atom. The van der Waals surface area contributed by atoms with Crippen molar-refractivity contribution in [2.24, 2.45) is 16.5 Å². The van der Waals surface area contributed by atoms with Crippen molar-refractivity contribution in [3.05, 3.63) is 66.9 Å². The molecule has 3 unspecified atom stereocenters. The number of allylic oxidation sites excluding steroid dienone is 1. The Kier molecular flexibility index (Phi) is 15.9. The fraction of sp³-hybridized carbons (Fsp3) is 0.629. The molecule has 2 saturated heterocycles. The summed E-state index contributed by atoms with van der Waals surface area (Å²) >= 11 is 12.5. The van der Waals surface area contributed by atoms with Gasteiger partial charge in [-0.25, -0.2) is 4.79 Å². The predicted molar refractivity (Wildman–Crippen MR) is 199 cm³/mol. The third-order valence-electron chi connectivity index (χ3n) is 8.50. The molecule has 51 heavy (non-hydrogen) atoms. The Morgan fingerprint density at radius 1 is 1.18 bits per heavy atom. The zero-order valence-corrected chi connectivity index (χ0v) is 33.1. The van der Waals surface area contributed by atoms with Gasteiger partial charge in [0.15, 0.2) is 17.6 Å². The molecule has 0 radical (unpaired) electrons. The molecule has 1 aromatic carbocycles. The number of aromatic nitrogens is 2. The van der Waals surface area contributed by atoms with E-state index < -0.39 is 37.3 Å². The summed E-state index contributed by atoms with van der Waals surface area (Å²) in [6.45, 7) is 17.3. The van der Waals surface area contributed by atoms with E-state index in [2.05, 4.69) is 37.5 Å². The fourth-order valence-electron chi connectivity index (χ4n) is 5.58. The molecule has 0 bridgehead atoms. The monoisotopic (exact) mass is 775 g/mol. The van der Waals surface area contributed by atoms with Crippen LogP contribution in [0.15, 0.2) is 39.7 Å². The van der Waals surface area contributed by atoms with Gasteiger partial charge in [0.25, 0.3) is 5.56 Å². The maximum atomic E-state index is 13.1. The molecule has 7 atom stereocenters. The van der Waals surface area contributed by atoms with Crippen molar-refractivity contribution in [2.75, 3.05) is 27.0 Å². The average molecular weight is 777 g/mol. The number of aromatic hydroxyl groups is 1. The molecule has 2 N–H and O–H groups in total. The number of phenolic OH excluding ortho intramolecular Hbond substituents is 1. The van der Waals surface area contributed by atoms with Crippen molar-refractivity contribution in [2.45, 2.75) is 104 Å². The van der Waals surface area contributed by atoms with E-state index in [1.807, 2.05) is 19.9 Å². The molecule has 3 heterocycles. The second-order valence-corrected chi connectivity index (χ2v) is 17.0. The lowest BCUT2D eigenvalue weighted by atomic mass is 9.90. The van der Waals surface area contributed by atoms with E-state index >= 15 is 0 Å². The zero-order chi connectivity index (χ0) is 38.1. The van der Waals surface area contributed by atoms with Gasteiger partial charge in [-0.3, -0.25) is 18.9 Å². The number of nitrogens with one attached hydrogen (secondary N) is 1. The Hall–Kier alpha value is -2.64. The van der Waals surface area contributed by atoms with Crippen LogP contribution in [0.4, 0.5) is 0 Å². The minimum Gasteiger partial charge on any atom is -0.503 e. The second-order valence-electron chi connectivity index (χ2n) is 14.1. The minimum atomic E-state index is -3.51. The van der Waals surface area contributed by atoms with Crippen LogP contribution in [0.3, 0.4) is 0 Å². The number of benzene rings is 1. The van der Waals surface area contributed by atoms with E-state index in [9.17, 15) is 19.3 Å². The number of methoxy groups -OCH3 is 1. The Balaban J connectivity index is 0.000000688. The van der Waals surface area contributed by atoms with Crippen LogP contribution in [0.2, 0.25) is 10.0 Å². The number of H-pyrrole nitrogens is 1. The van der Waals surface area contributed by atoms with Crippen LogP contribution in [0, 0.1) is 18.3 Å². The SMILES string of the molecule is C=CCCCC(C)(C)C.COc1cc(Cl)c(/C=N/O[C@@H]2C[C@H](n3cc(C)c(=O)[nH]c3=O)O[C@@H]2COP(C)(=O)OC[C@@H]2CC(C)OC2C)c(Cl)c1O. The van der Waals surface area contributed by atoms with Crippen LogP contribution in [0.1, 0.15) is 84.1 Å². The summed E-state index contributed by atoms with van der Waals surface area (Å²) in [5, 5.41) is 14.3. The van der Waals surface area contributed by atoms with Crippen molar-refractivity contribution in [1.82, 2.24) is 9.55 Å². The van der Waals surface area contributed by atoms with Gasteiger partial charge in [0.2, 0.25) is 0 Å². The Morgan fingerprint density at radius 3 is 2.47 bits per heavy atom. The quantitative estimate of drug-likeness (QED) is 0.0642. The number of hydrogen-bond acceptors (Lipinski definition) is 11. The first-order valence-electron chi connectivity index (χ1n) is 16.9. The van der Waals surface area contributed by atoms with E-state index in [0.717, 1.165) is 12.8 Å². The van der Waals surface area contributed by atoms with Gasteiger partial charge in [-0.05, 0) is 51.9 Å². The minimum absolute atomic E-state index is 0.0248. The van der Waals surface area contributed by atoms with E-state index in [1.54, 1.807) is 6.92 Å². The summed E-state index contributed by atoms with van der Waals surface area (Å²) in [4.78, 5) is 32.3. The van der Waals surface area contributed by atoms with E-state index in [4.69, 9.17) is 51.3 Å². The van der Waals surface area contributed by atoms with Crippen molar-refractivity contribution in [3.63, 3.8) is 0 Å². The van der Waals surface area contributed by atoms with Crippen molar-refractivity contribution < 1.29 is 37.8 Å². The van der Waals surface area contributed by atoms with E-state index in [1.165, 1.54) is 49.7 Å². The Labute approximate surface area is 309 Å². The van der Waals surface area contributed by atoms with Crippen molar-refractivity contribution in [1.29, 1.82) is 0 Å². The molecule has 0 saturated carbocycles. The molecule has 2 aliphatic heterocycles. The molecule has 1 aromatic heterocycles. The number of halogens is 2. The highest BCUT2D eigenvalue weighted by Gasteiger charge is 2.40. The summed E-state index contributed by atoms with van der Waals surface area (Å²) < 4.78 is 42.5. The third-order valence-corrected chi connectivity index (χ3v) is 10.4. The first-order valence-corrected chi connectivity index (χ1v) is 19.6. The van der Waals surface area contributed by atoms with E-state index in [-0.39, 0.29) is 64.9 Å². The van der Waals surface area contributed by atoms with Gasteiger partial charge in [-0.15, -0.1) is 6.58 Å². The molecule has 16 heteroatoms. The molecule has 4 rings (SSSR count). The number of hydrogen-bond donors (Lipinski definition) is 2. The highest BCUT2D eigenvalue weighted by atomic mass is 35.5. The maximum Gasteiger partial charge on any atom is 0.330 e. The topological polar surface area (TPSA) is 160 Å². The summed E-state index contributed by atoms with van der Waals surface area (Å²) in [7, 11) is -2.15. The van der Waals surface area contributed by atoms with Gasteiger partial charge in [0.1, 0.15) is 12.3 Å². The molecule has 0 amide bonds. The summed E-state index contributed by atoms with van der Waals surface area (Å²) in [5.41, 5.74) is -0.189. The fourth-order valence-corrected chi connectivity index (χ4v) is 7.07. The number of nitrogens with zero attached hydrogens (tertiary/aromatic N) is 2. The van der Waals surface area contributed by atoms with Gasteiger partial charge in [-0.2, -0.15) is 0 Å². The number of aryl methyl sites for hydroxylation is 1. The molecule has 2 aliphatic rings. The smallest absolute Gasteiger partial charge is 0.330 e. The number of unbranched alkanes of at least 4 members (excludes halogenated alkanes) is 1. The number of phenols is 1. The van der Waals surface area contributed by atoms with Gasteiger partial charge >= 0.3 is 13.3 Å². The highest BCUT2D eigenvalue weighted by molar-refractivity contribution is 7.52. The standard InChI is InChI=1S/C26H34Cl2N3O10P.C9H18/c1-13-10-31(26(34)30-25(13)33)22-8-19(41-29-9-17-18(27)7-20(36-4)24(32)23(17)28)21(40-22)12-38-42(5,35)37-11-16-6-14(2)39-15(16)3;1-5-6-7-8-9(2,3)4/h7,9-10,14-16,19,21-22,32H,6,8,11-12H2,1-5H3,(H,30,33,34);5H,1,6-8H2,2-4H3/b29-9+;/t14?,15?,16-,19+,21+,22+,42?;/m0./s1. The van der Waals surface area contributed by atoms with Crippen LogP contribution in [-0.2, 0) is 27.9 Å². The number of aromatic amines is 1. The number of rotatable bonds is 14. The van der Waals surface area contributed by atoms with Crippen LogP contribution in [0.25, 0.3) is 0 Å². The van der Waals surface area contributed by atoms with E-state index in [0.29, 0.717) is 11.0 Å². The summed E-state index contributed by atoms with van der Waals surface area (Å²) in [5.74, 6) is -0.148. The molecule has 0 aliphatic carbocycles. The second kappa shape index (κ2) is 18.9. The third kappa shape index (κ3) is 12.8. The first-order chi connectivity index (χ1) is 23.9. The maximum absolute atomic E-state index is 13.1. The molecular formula is C35H52Cl2N3O10P. The normalized spacial score (nSPS) is 24.6. The lowest BCUT2D eigenvalue weighted by molar-refractivity contribution is -0.0588. The van der Waals surface area contributed by atoms with Crippen LogP contribution in [-0.4, -0.2) is 72.3 Å². The van der Waals surface area contributed by atoms with Gasteiger partial charge in [0, 0.05) is 42.4 Å². The number of ether oxygens (including phenoxy) is 3. The number of oxime groups is 1. The lowest BCUT2D eigenvalue weighted by Crippen LogP contribution is -2.33. The molecule has 0 spiro atoms. The van der Waals surface area contributed by atoms with Crippen molar-refractivity contribution >= 4 is 37.0 Å².